The highest BCUT2D eigenvalue weighted by atomic mass is 127. The summed E-state index contributed by atoms with van der Waals surface area (Å²) in [5, 5.41) is 2.44. The lowest BCUT2D eigenvalue weighted by atomic mass is 10.1. The Bertz CT molecular complexity index is 132. The van der Waals surface area contributed by atoms with E-state index in [1.165, 1.54) is 0 Å². The highest BCUT2D eigenvalue weighted by molar-refractivity contribution is 14.1. The number of nitrogens with zero attached hydrogens (tertiary/aromatic N) is 1. The number of hydrogen-bond acceptors (Lipinski definition) is 2. The summed E-state index contributed by atoms with van der Waals surface area (Å²) in [4.78, 5) is 4.07. The van der Waals surface area contributed by atoms with E-state index in [0.717, 1.165) is 12.8 Å². The van der Waals surface area contributed by atoms with Crippen LogP contribution < -0.4 is 0 Å². The second kappa shape index (κ2) is 6.25. The van der Waals surface area contributed by atoms with Crippen LogP contribution in [0.1, 0.15) is 26.7 Å². The first kappa shape index (κ1) is 10.5. The van der Waals surface area contributed by atoms with Gasteiger partial charge in [0.2, 0.25) is 0 Å². The molecule has 0 fully saturated rings. The van der Waals surface area contributed by atoms with Crippen molar-refractivity contribution in [1.29, 1.82) is 0 Å². The number of aliphatic imine (C=N–C) groups is 1. The maximum atomic E-state index is 4.54. The van der Waals surface area contributed by atoms with Crippen LogP contribution in [0.4, 0.5) is 0 Å². The van der Waals surface area contributed by atoms with Gasteiger partial charge >= 0.3 is 0 Å². The predicted molar refractivity (Wildman–Crippen MR) is 57.2 cm³/mol. The van der Waals surface area contributed by atoms with Gasteiger partial charge in [0.1, 0.15) is 0 Å². The Balaban J connectivity index is 3.91. The van der Waals surface area contributed by atoms with Crippen LogP contribution in [0.2, 0.25) is 0 Å². The second-order valence-electron chi connectivity index (χ2n) is 2.12. The van der Waals surface area contributed by atoms with Gasteiger partial charge in [0, 0.05) is 3.92 Å². The van der Waals surface area contributed by atoms with Crippen molar-refractivity contribution in [2.45, 2.75) is 36.7 Å². The normalized spacial score (nSPS) is 15.5. The summed E-state index contributed by atoms with van der Waals surface area (Å²) in [7, 11) is 0. The van der Waals surface area contributed by atoms with Crippen molar-refractivity contribution < 1.29 is 0 Å². The van der Waals surface area contributed by atoms with Gasteiger partial charge in [-0.1, -0.05) is 36.4 Å². The van der Waals surface area contributed by atoms with Crippen LogP contribution in [0.3, 0.4) is 0 Å². The minimum Gasteiger partial charge on any atom is -0.228 e. The molecular weight excluding hydrogens is 257 g/mol. The topological polar surface area (TPSA) is 12.4 Å². The van der Waals surface area contributed by atoms with E-state index in [1.807, 2.05) is 0 Å². The Labute approximate surface area is 81.4 Å². The maximum absolute atomic E-state index is 4.54. The zero-order valence-electron chi connectivity index (χ0n) is 6.30. The first-order valence-electron chi connectivity index (χ1n) is 3.47. The van der Waals surface area contributed by atoms with Gasteiger partial charge in [0.05, 0.1) is 11.2 Å². The molecule has 58 valence electrons. The molecule has 0 spiro atoms. The monoisotopic (exact) mass is 269 g/mol. The lowest BCUT2D eigenvalue weighted by Crippen LogP contribution is -2.15. The Morgan fingerprint density at radius 3 is 2.40 bits per heavy atom. The van der Waals surface area contributed by atoms with Crippen molar-refractivity contribution in [3.8, 4) is 0 Å². The number of thiocarbonyl (C=S) groups is 1. The molecule has 2 atom stereocenters. The summed E-state index contributed by atoms with van der Waals surface area (Å²) in [6.07, 6.45) is 2.21. The molecule has 0 aromatic heterocycles. The summed E-state index contributed by atoms with van der Waals surface area (Å²) in [6.45, 7) is 4.29. The number of isothiocyanates is 1. The molecule has 0 saturated carbocycles. The van der Waals surface area contributed by atoms with Gasteiger partial charge in [-0.2, -0.15) is 0 Å². The zero-order chi connectivity index (χ0) is 7.98. The smallest absolute Gasteiger partial charge is 0.0717 e. The molecule has 3 heteroatoms. The molecule has 0 unspecified atom stereocenters. The predicted octanol–water partition coefficient (Wildman–Crippen LogP) is 3.08. The number of alkyl halides is 1. The summed E-state index contributed by atoms with van der Waals surface area (Å²) in [5.41, 5.74) is 0. The van der Waals surface area contributed by atoms with Crippen molar-refractivity contribution in [2.24, 2.45) is 4.99 Å². The third-order valence-electron chi connectivity index (χ3n) is 1.44. The van der Waals surface area contributed by atoms with Crippen molar-refractivity contribution in [3.63, 3.8) is 0 Å². The average Bonchev–Trinajstić information content (AvgIpc) is 1.99. The number of halogens is 1. The van der Waals surface area contributed by atoms with E-state index in [9.17, 15) is 0 Å². The van der Waals surface area contributed by atoms with Gasteiger partial charge in [0.15, 0.2) is 0 Å². The molecule has 0 amide bonds. The molecule has 0 aliphatic carbocycles. The molecule has 0 N–H and O–H groups in total. The fourth-order valence-corrected chi connectivity index (χ4v) is 1.57. The molecule has 0 radical (unpaired) electrons. The van der Waals surface area contributed by atoms with Crippen molar-refractivity contribution in [2.75, 3.05) is 0 Å². The minimum absolute atomic E-state index is 0.378. The average molecular weight is 269 g/mol. The van der Waals surface area contributed by atoms with Crippen LogP contribution in [0.5, 0.6) is 0 Å². The van der Waals surface area contributed by atoms with Crippen molar-refractivity contribution in [1.82, 2.24) is 0 Å². The molecular formula is C7H12INS. The van der Waals surface area contributed by atoms with E-state index >= 15 is 0 Å². The van der Waals surface area contributed by atoms with Gasteiger partial charge in [0.25, 0.3) is 0 Å². The first-order valence-corrected chi connectivity index (χ1v) is 5.12. The highest BCUT2D eigenvalue weighted by Gasteiger charge is 2.12. The van der Waals surface area contributed by atoms with E-state index in [0.29, 0.717) is 9.97 Å². The van der Waals surface area contributed by atoms with Crippen molar-refractivity contribution in [3.05, 3.63) is 0 Å². The molecule has 0 aromatic rings. The van der Waals surface area contributed by atoms with E-state index < -0.39 is 0 Å². The third kappa shape index (κ3) is 3.64. The molecule has 0 aliphatic heterocycles. The van der Waals surface area contributed by atoms with Gasteiger partial charge in [-0.05, 0) is 25.1 Å². The van der Waals surface area contributed by atoms with Crippen LogP contribution in [0.15, 0.2) is 4.99 Å². The molecule has 10 heavy (non-hydrogen) atoms. The SMILES string of the molecule is CC[C@@H](I)[C@H](CC)N=C=S. The van der Waals surface area contributed by atoms with Gasteiger partial charge < -0.3 is 0 Å². The van der Waals surface area contributed by atoms with E-state index in [2.05, 4.69) is 58.8 Å². The van der Waals surface area contributed by atoms with Gasteiger partial charge in [-0.3, -0.25) is 0 Å². The largest absolute Gasteiger partial charge is 0.228 e. The summed E-state index contributed by atoms with van der Waals surface area (Å²) in [6, 6.07) is 0.378. The first-order chi connectivity index (χ1) is 4.76. The molecule has 0 rings (SSSR count). The van der Waals surface area contributed by atoms with E-state index in [-0.39, 0.29) is 0 Å². The molecule has 0 bridgehead atoms. The lowest BCUT2D eigenvalue weighted by Gasteiger charge is -2.12. The summed E-state index contributed by atoms with van der Waals surface area (Å²) in [5.74, 6) is 0. The molecule has 0 aromatic carbocycles. The van der Waals surface area contributed by atoms with Gasteiger partial charge in [-0.15, -0.1) is 0 Å². The van der Waals surface area contributed by atoms with Crippen LogP contribution in [0, 0.1) is 0 Å². The van der Waals surface area contributed by atoms with Crippen molar-refractivity contribution >= 4 is 40.0 Å². The number of hydrogen-bond donors (Lipinski definition) is 0. The van der Waals surface area contributed by atoms with Crippen LogP contribution >= 0.6 is 34.8 Å². The van der Waals surface area contributed by atoms with E-state index in [1.54, 1.807) is 0 Å². The second-order valence-corrected chi connectivity index (χ2v) is 3.90. The number of rotatable bonds is 4. The Kier molecular flexibility index (Phi) is 6.59. The Morgan fingerprint density at radius 2 is 2.10 bits per heavy atom. The van der Waals surface area contributed by atoms with Crippen LogP contribution in [-0.2, 0) is 0 Å². The molecule has 0 aliphatic rings. The maximum Gasteiger partial charge on any atom is 0.0717 e. The highest BCUT2D eigenvalue weighted by Crippen LogP contribution is 2.15. The van der Waals surface area contributed by atoms with Crippen LogP contribution in [-0.4, -0.2) is 15.1 Å². The Hall–Kier alpha value is 0.530. The van der Waals surface area contributed by atoms with Crippen LogP contribution in [0.25, 0.3) is 0 Å². The molecule has 0 saturated heterocycles. The van der Waals surface area contributed by atoms with Gasteiger partial charge in [-0.25, -0.2) is 4.99 Å². The summed E-state index contributed by atoms with van der Waals surface area (Å²) >= 11 is 6.95. The fraction of sp³-hybridized carbons (Fsp3) is 0.857. The molecule has 1 nitrogen and oxygen atoms in total. The lowest BCUT2D eigenvalue weighted by molar-refractivity contribution is 0.624. The quantitative estimate of drug-likeness (QED) is 0.330. The third-order valence-corrected chi connectivity index (χ3v) is 3.26. The Morgan fingerprint density at radius 1 is 1.50 bits per heavy atom. The zero-order valence-corrected chi connectivity index (χ0v) is 9.28. The summed E-state index contributed by atoms with van der Waals surface area (Å²) < 4.78 is 0.609. The van der Waals surface area contributed by atoms with E-state index in [4.69, 9.17) is 0 Å². The molecule has 0 heterocycles. The fourth-order valence-electron chi connectivity index (χ4n) is 0.768. The minimum atomic E-state index is 0.378. The standard InChI is InChI=1S/C7H12INS/c1-3-6(8)7(4-2)9-5-10/h6-7H,3-4H2,1-2H3/t6-,7+/m1/s1.